The van der Waals surface area contributed by atoms with Crippen molar-refractivity contribution in [3.05, 3.63) is 29.6 Å². The van der Waals surface area contributed by atoms with E-state index in [-0.39, 0.29) is 11.7 Å². The lowest BCUT2D eigenvalue weighted by Crippen LogP contribution is -2.35. The molecule has 2 rings (SSSR count). The lowest BCUT2D eigenvalue weighted by Gasteiger charge is -2.29. The Bertz CT molecular complexity index is 476. The van der Waals surface area contributed by atoms with Crippen LogP contribution in [-0.4, -0.2) is 12.5 Å². The van der Waals surface area contributed by atoms with Gasteiger partial charge >= 0.3 is 0 Å². The highest BCUT2D eigenvalue weighted by Gasteiger charge is 2.23. The molecule has 0 saturated carbocycles. The number of nitrogens with zero attached hydrogens (tertiary/aromatic N) is 1. The summed E-state index contributed by atoms with van der Waals surface area (Å²) in [5.74, 6) is 2.30. The van der Waals surface area contributed by atoms with Gasteiger partial charge in [-0.25, -0.2) is 4.39 Å². The number of aryl methyl sites for hydroxylation is 1. The van der Waals surface area contributed by atoms with Crippen LogP contribution in [-0.2, 0) is 11.2 Å². The first-order chi connectivity index (χ1) is 8.22. The largest absolute Gasteiger partial charge is 0.312 e. The highest BCUT2D eigenvalue weighted by atomic mass is 19.1. The zero-order valence-corrected chi connectivity index (χ0v) is 9.58. The van der Waals surface area contributed by atoms with E-state index < -0.39 is 0 Å². The Balaban J connectivity index is 2.23. The standard InChI is InChI=1S/C14H14FNO/c1-2-3-4-9-16-13-10-12(15)7-5-11(13)6-8-14(16)17/h1,5,7,10H,3-4,6,8-9H2. The third-order valence-corrected chi connectivity index (χ3v) is 2.95. The average Bonchev–Trinajstić information content (AvgIpc) is 2.32. The summed E-state index contributed by atoms with van der Waals surface area (Å²) in [5, 5.41) is 0. The topological polar surface area (TPSA) is 20.3 Å². The molecule has 0 fully saturated rings. The van der Waals surface area contributed by atoms with Crippen LogP contribution in [0, 0.1) is 18.2 Å². The maximum atomic E-state index is 13.2. The predicted octanol–water partition coefficient (Wildman–Crippen LogP) is 2.52. The summed E-state index contributed by atoms with van der Waals surface area (Å²) in [4.78, 5) is 13.5. The molecular formula is C14H14FNO. The molecule has 0 radical (unpaired) electrons. The van der Waals surface area contributed by atoms with E-state index in [9.17, 15) is 9.18 Å². The second-order valence-electron chi connectivity index (χ2n) is 4.13. The van der Waals surface area contributed by atoms with Gasteiger partial charge in [-0.1, -0.05) is 6.07 Å². The summed E-state index contributed by atoms with van der Waals surface area (Å²) in [6.07, 6.45) is 7.75. The molecule has 1 aromatic carbocycles. The van der Waals surface area contributed by atoms with Crippen molar-refractivity contribution in [2.75, 3.05) is 11.4 Å². The van der Waals surface area contributed by atoms with Crippen molar-refractivity contribution in [2.45, 2.75) is 25.7 Å². The minimum absolute atomic E-state index is 0.0557. The van der Waals surface area contributed by atoms with Gasteiger partial charge in [0.2, 0.25) is 5.91 Å². The number of benzene rings is 1. The van der Waals surface area contributed by atoms with Crippen LogP contribution in [0.4, 0.5) is 10.1 Å². The van der Waals surface area contributed by atoms with Crippen LogP contribution in [0.5, 0.6) is 0 Å². The normalized spacial score (nSPS) is 14.4. The summed E-state index contributed by atoms with van der Waals surface area (Å²) >= 11 is 0. The van der Waals surface area contributed by atoms with Crippen LogP contribution in [0.15, 0.2) is 18.2 Å². The van der Waals surface area contributed by atoms with Gasteiger partial charge in [0.15, 0.2) is 0 Å². The molecule has 1 amide bonds. The monoisotopic (exact) mass is 231 g/mol. The molecule has 2 nitrogen and oxygen atoms in total. The van der Waals surface area contributed by atoms with Gasteiger partial charge in [-0.3, -0.25) is 4.79 Å². The second-order valence-corrected chi connectivity index (χ2v) is 4.13. The minimum atomic E-state index is -0.305. The maximum Gasteiger partial charge on any atom is 0.227 e. The lowest BCUT2D eigenvalue weighted by molar-refractivity contribution is -0.118. The molecule has 0 saturated heterocycles. The number of carbonyl (C=O) groups excluding carboxylic acids is 1. The highest BCUT2D eigenvalue weighted by Crippen LogP contribution is 2.28. The van der Waals surface area contributed by atoms with Gasteiger partial charge in [-0.05, 0) is 30.5 Å². The first-order valence-corrected chi connectivity index (χ1v) is 5.74. The summed E-state index contributed by atoms with van der Waals surface area (Å²) in [7, 11) is 0. The number of amides is 1. The Morgan fingerprint density at radius 2 is 2.24 bits per heavy atom. The quantitative estimate of drug-likeness (QED) is 0.578. The highest BCUT2D eigenvalue weighted by molar-refractivity contribution is 5.96. The fraction of sp³-hybridized carbons (Fsp3) is 0.357. The fourth-order valence-electron chi connectivity index (χ4n) is 2.09. The zero-order valence-electron chi connectivity index (χ0n) is 9.58. The second kappa shape index (κ2) is 5.01. The fourth-order valence-corrected chi connectivity index (χ4v) is 2.09. The van der Waals surface area contributed by atoms with E-state index in [0.717, 1.165) is 12.0 Å². The van der Waals surface area contributed by atoms with Crippen molar-refractivity contribution in [3.63, 3.8) is 0 Å². The molecule has 0 unspecified atom stereocenters. The summed E-state index contributed by atoms with van der Waals surface area (Å²) in [6, 6.07) is 4.63. The lowest BCUT2D eigenvalue weighted by atomic mass is 10.0. The van der Waals surface area contributed by atoms with Gasteiger partial charge in [0.1, 0.15) is 5.82 Å². The summed E-state index contributed by atoms with van der Waals surface area (Å²) in [5.41, 5.74) is 1.74. The number of terminal acetylenes is 1. The Morgan fingerprint density at radius 3 is 3.00 bits per heavy atom. The van der Waals surface area contributed by atoms with Crippen molar-refractivity contribution in [2.24, 2.45) is 0 Å². The minimum Gasteiger partial charge on any atom is -0.312 e. The Hall–Kier alpha value is -1.82. The number of hydrogen-bond acceptors (Lipinski definition) is 1. The molecule has 1 aromatic rings. The van der Waals surface area contributed by atoms with Gasteiger partial charge in [0, 0.05) is 25.1 Å². The molecule has 3 heteroatoms. The van der Waals surface area contributed by atoms with Crippen molar-refractivity contribution in [1.82, 2.24) is 0 Å². The third-order valence-electron chi connectivity index (χ3n) is 2.95. The molecule has 1 aliphatic heterocycles. The Labute approximate surface area is 100 Å². The van der Waals surface area contributed by atoms with Crippen molar-refractivity contribution in [3.8, 4) is 12.3 Å². The van der Waals surface area contributed by atoms with Crippen LogP contribution < -0.4 is 4.90 Å². The average molecular weight is 231 g/mol. The van der Waals surface area contributed by atoms with Crippen molar-refractivity contribution >= 4 is 11.6 Å². The molecule has 1 heterocycles. The smallest absolute Gasteiger partial charge is 0.227 e. The molecule has 0 bridgehead atoms. The summed E-state index contributed by atoms with van der Waals surface area (Å²) in [6.45, 7) is 0.569. The molecule has 17 heavy (non-hydrogen) atoms. The summed E-state index contributed by atoms with van der Waals surface area (Å²) < 4.78 is 13.2. The van der Waals surface area contributed by atoms with E-state index in [1.165, 1.54) is 12.1 Å². The molecule has 0 aliphatic carbocycles. The number of fused-ring (bicyclic) bond motifs is 1. The maximum absolute atomic E-state index is 13.2. The van der Waals surface area contributed by atoms with Crippen LogP contribution in [0.25, 0.3) is 0 Å². The van der Waals surface area contributed by atoms with E-state index >= 15 is 0 Å². The molecule has 0 N–H and O–H groups in total. The van der Waals surface area contributed by atoms with E-state index in [1.807, 2.05) is 0 Å². The van der Waals surface area contributed by atoms with Gasteiger partial charge in [0.25, 0.3) is 0 Å². The Morgan fingerprint density at radius 1 is 1.41 bits per heavy atom. The molecule has 88 valence electrons. The van der Waals surface area contributed by atoms with E-state index in [1.54, 1.807) is 11.0 Å². The van der Waals surface area contributed by atoms with E-state index in [4.69, 9.17) is 6.42 Å². The SMILES string of the molecule is C#CCCCN1C(=O)CCc2ccc(F)cc21. The third kappa shape index (κ3) is 2.47. The van der Waals surface area contributed by atoms with E-state index in [2.05, 4.69) is 5.92 Å². The van der Waals surface area contributed by atoms with Crippen LogP contribution >= 0.6 is 0 Å². The van der Waals surface area contributed by atoms with E-state index in [0.29, 0.717) is 31.5 Å². The van der Waals surface area contributed by atoms with Crippen molar-refractivity contribution in [1.29, 1.82) is 0 Å². The van der Waals surface area contributed by atoms with Crippen LogP contribution in [0.2, 0.25) is 0 Å². The van der Waals surface area contributed by atoms with Crippen LogP contribution in [0.3, 0.4) is 0 Å². The van der Waals surface area contributed by atoms with Gasteiger partial charge in [-0.2, -0.15) is 0 Å². The number of halogens is 1. The number of hydrogen-bond donors (Lipinski definition) is 0. The predicted molar refractivity (Wildman–Crippen MR) is 65.1 cm³/mol. The Kier molecular flexibility index (Phi) is 3.43. The van der Waals surface area contributed by atoms with Crippen LogP contribution in [0.1, 0.15) is 24.8 Å². The molecule has 1 aliphatic rings. The molecule has 0 atom stereocenters. The molecule has 0 spiro atoms. The number of anilines is 1. The number of carbonyl (C=O) groups is 1. The van der Waals surface area contributed by atoms with Gasteiger partial charge < -0.3 is 4.90 Å². The van der Waals surface area contributed by atoms with Gasteiger partial charge in [0.05, 0.1) is 0 Å². The molecular weight excluding hydrogens is 217 g/mol. The zero-order chi connectivity index (χ0) is 12.3. The number of unbranched alkanes of at least 4 members (excludes halogenated alkanes) is 1. The number of rotatable bonds is 3. The first-order valence-electron chi connectivity index (χ1n) is 5.74. The van der Waals surface area contributed by atoms with Crippen molar-refractivity contribution < 1.29 is 9.18 Å². The van der Waals surface area contributed by atoms with Gasteiger partial charge in [-0.15, -0.1) is 12.3 Å². The first kappa shape index (κ1) is 11.7. The molecule has 0 aromatic heterocycles.